The van der Waals surface area contributed by atoms with E-state index in [1.807, 2.05) is 43.3 Å². The minimum atomic E-state index is -0.611. The Morgan fingerprint density at radius 2 is 1.90 bits per heavy atom. The molecule has 148 valence electrons. The summed E-state index contributed by atoms with van der Waals surface area (Å²) >= 11 is 3.44. The molecule has 0 fully saturated rings. The van der Waals surface area contributed by atoms with Gasteiger partial charge in [-0.2, -0.15) is 0 Å². The van der Waals surface area contributed by atoms with Crippen LogP contribution in [0.5, 0.6) is 11.5 Å². The van der Waals surface area contributed by atoms with E-state index in [4.69, 9.17) is 10.5 Å². The molecule has 0 aliphatic heterocycles. The summed E-state index contributed by atoms with van der Waals surface area (Å²) in [5, 5.41) is 2.92. The molecule has 0 unspecified atom stereocenters. The molecule has 0 bridgehead atoms. The molecule has 0 saturated heterocycles. The Labute approximate surface area is 177 Å². The average Bonchev–Trinajstić information content (AvgIpc) is 2.70. The fraction of sp³-hybridized carbons (Fsp3) is 0.136. The summed E-state index contributed by atoms with van der Waals surface area (Å²) in [6.07, 6.45) is 2.12. The predicted molar refractivity (Wildman–Crippen MR) is 114 cm³/mol. The number of ether oxygens (including phenoxy) is 1. The maximum absolute atomic E-state index is 12.3. The number of benzene rings is 2. The first-order valence-electron chi connectivity index (χ1n) is 8.99. The van der Waals surface area contributed by atoms with Crippen molar-refractivity contribution < 1.29 is 14.3 Å². The van der Waals surface area contributed by atoms with Gasteiger partial charge in [0.2, 0.25) is 0 Å². The summed E-state index contributed by atoms with van der Waals surface area (Å²) in [6.45, 7) is 2.47. The molecule has 1 heterocycles. The third-order valence-electron chi connectivity index (χ3n) is 4.25. The third kappa shape index (κ3) is 5.65. The Hall–Kier alpha value is -3.19. The lowest BCUT2D eigenvalue weighted by atomic mass is 10.1. The number of carbonyl (C=O) groups is 2. The minimum absolute atomic E-state index is 0.117. The van der Waals surface area contributed by atoms with Crippen molar-refractivity contribution in [1.82, 2.24) is 10.3 Å². The van der Waals surface area contributed by atoms with Crippen molar-refractivity contribution in [1.29, 1.82) is 0 Å². The number of primary amides is 1. The number of amides is 2. The molecule has 3 N–H and O–H groups in total. The van der Waals surface area contributed by atoms with E-state index in [0.29, 0.717) is 30.0 Å². The monoisotopic (exact) mass is 453 g/mol. The van der Waals surface area contributed by atoms with Gasteiger partial charge in [-0.05, 0) is 54.8 Å². The van der Waals surface area contributed by atoms with Crippen molar-refractivity contribution in [2.75, 3.05) is 6.54 Å². The number of pyridine rings is 1. The van der Waals surface area contributed by atoms with Crippen molar-refractivity contribution in [3.05, 3.63) is 87.7 Å². The second-order valence-electron chi connectivity index (χ2n) is 6.46. The normalized spacial score (nSPS) is 10.4. The number of nitrogens with two attached hydrogens (primary N) is 1. The molecule has 0 aliphatic carbocycles. The van der Waals surface area contributed by atoms with Gasteiger partial charge >= 0.3 is 0 Å². The van der Waals surface area contributed by atoms with Gasteiger partial charge in [0.25, 0.3) is 11.8 Å². The smallest absolute Gasteiger partial charge is 0.267 e. The van der Waals surface area contributed by atoms with Gasteiger partial charge in [0, 0.05) is 28.8 Å². The second-order valence-corrected chi connectivity index (χ2v) is 7.31. The number of nitrogens with one attached hydrogen (secondary N) is 1. The number of nitrogens with zero attached hydrogens (tertiary/aromatic N) is 1. The standard InChI is InChI=1S/C22H20BrN3O3/c1-14-5-6-16(12-19(14)23)22(28)26-9-7-15-3-2-4-17(11-15)29-18-8-10-25-20(13-18)21(24)27/h2-6,8,10-13H,7,9H2,1H3,(H2,24,27)(H,26,28). The first kappa shape index (κ1) is 20.5. The quantitative estimate of drug-likeness (QED) is 0.564. The molecule has 0 saturated carbocycles. The van der Waals surface area contributed by atoms with Crippen LogP contribution in [0.25, 0.3) is 0 Å². The van der Waals surface area contributed by atoms with Crippen molar-refractivity contribution >= 4 is 27.7 Å². The Kier molecular flexibility index (Phi) is 6.61. The van der Waals surface area contributed by atoms with E-state index in [-0.39, 0.29) is 11.6 Å². The lowest BCUT2D eigenvalue weighted by Gasteiger charge is -2.09. The summed E-state index contributed by atoms with van der Waals surface area (Å²) in [4.78, 5) is 27.4. The molecule has 29 heavy (non-hydrogen) atoms. The van der Waals surface area contributed by atoms with Gasteiger partial charge in [-0.25, -0.2) is 0 Å². The molecule has 3 rings (SSSR count). The van der Waals surface area contributed by atoms with E-state index in [2.05, 4.69) is 26.2 Å². The summed E-state index contributed by atoms with van der Waals surface area (Å²) in [5.74, 6) is 0.372. The highest BCUT2D eigenvalue weighted by Gasteiger charge is 2.08. The molecule has 0 spiro atoms. The van der Waals surface area contributed by atoms with Gasteiger partial charge in [-0.15, -0.1) is 0 Å². The van der Waals surface area contributed by atoms with Crippen molar-refractivity contribution in [2.45, 2.75) is 13.3 Å². The largest absolute Gasteiger partial charge is 0.457 e. The number of hydrogen-bond acceptors (Lipinski definition) is 4. The molecule has 0 atom stereocenters. The van der Waals surface area contributed by atoms with Crippen LogP contribution < -0.4 is 15.8 Å². The maximum Gasteiger partial charge on any atom is 0.267 e. The third-order valence-corrected chi connectivity index (χ3v) is 5.11. The fourth-order valence-corrected chi connectivity index (χ4v) is 3.05. The predicted octanol–water partition coefficient (Wildman–Crippen LogP) is 4.02. The van der Waals surface area contributed by atoms with Crippen LogP contribution in [0.2, 0.25) is 0 Å². The minimum Gasteiger partial charge on any atom is -0.457 e. The summed E-state index contributed by atoms with van der Waals surface area (Å²) in [7, 11) is 0. The molecular formula is C22H20BrN3O3. The van der Waals surface area contributed by atoms with E-state index in [9.17, 15) is 9.59 Å². The number of aromatic nitrogens is 1. The molecule has 3 aromatic rings. The average molecular weight is 454 g/mol. The highest BCUT2D eigenvalue weighted by molar-refractivity contribution is 9.10. The zero-order valence-electron chi connectivity index (χ0n) is 15.8. The van der Waals surface area contributed by atoms with Crippen LogP contribution in [0.4, 0.5) is 0 Å². The molecule has 2 amide bonds. The Balaban J connectivity index is 1.58. The number of halogens is 1. The molecule has 2 aromatic carbocycles. The van der Waals surface area contributed by atoms with Crippen LogP contribution in [0.15, 0.2) is 65.3 Å². The van der Waals surface area contributed by atoms with Crippen molar-refractivity contribution in [3.8, 4) is 11.5 Å². The molecule has 6 nitrogen and oxygen atoms in total. The van der Waals surface area contributed by atoms with Crippen LogP contribution in [-0.4, -0.2) is 23.3 Å². The first-order valence-corrected chi connectivity index (χ1v) is 9.78. The zero-order chi connectivity index (χ0) is 20.8. The highest BCUT2D eigenvalue weighted by Crippen LogP contribution is 2.22. The van der Waals surface area contributed by atoms with E-state index in [1.54, 1.807) is 12.1 Å². The number of hydrogen-bond donors (Lipinski definition) is 2. The molecular weight excluding hydrogens is 434 g/mol. The number of rotatable bonds is 7. The van der Waals surface area contributed by atoms with Gasteiger partial charge in [-0.3, -0.25) is 14.6 Å². The molecule has 1 aromatic heterocycles. The van der Waals surface area contributed by atoms with Gasteiger partial charge in [0.15, 0.2) is 0 Å². The highest BCUT2D eigenvalue weighted by atomic mass is 79.9. The van der Waals surface area contributed by atoms with Crippen molar-refractivity contribution in [3.63, 3.8) is 0 Å². The zero-order valence-corrected chi connectivity index (χ0v) is 17.4. The maximum atomic E-state index is 12.3. The van der Waals surface area contributed by atoms with Crippen LogP contribution in [0.1, 0.15) is 32.0 Å². The van der Waals surface area contributed by atoms with Crippen LogP contribution >= 0.6 is 15.9 Å². The topological polar surface area (TPSA) is 94.3 Å². The summed E-state index contributed by atoms with van der Waals surface area (Å²) in [5.41, 5.74) is 8.09. The van der Waals surface area contributed by atoms with Crippen LogP contribution in [-0.2, 0) is 6.42 Å². The van der Waals surface area contributed by atoms with E-state index in [1.165, 1.54) is 12.3 Å². The van der Waals surface area contributed by atoms with Gasteiger partial charge in [0.1, 0.15) is 17.2 Å². The lowest BCUT2D eigenvalue weighted by Crippen LogP contribution is -2.25. The van der Waals surface area contributed by atoms with Gasteiger partial charge in [-0.1, -0.05) is 34.1 Å². The first-order chi connectivity index (χ1) is 13.9. The second kappa shape index (κ2) is 9.34. The fourth-order valence-electron chi connectivity index (χ4n) is 2.67. The van der Waals surface area contributed by atoms with E-state index >= 15 is 0 Å². The summed E-state index contributed by atoms with van der Waals surface area (Å²) < 4.78 is 6.70. The molecule has 0 radical (unpaired) electrons. The van der Waals surface area contributed by atoms with Gasteiger partial charge in [0.05, 0.1) is 0 Å². The lowest BCUT2D eigenvalue weighted by molar-refractivity contribution is 0.0952. The van der Waals surface area contributed by atoms with Gasteiger partial charge < -0.3 is 15.8 Å². The van der Waals surface area contributed by atoms with E-state index < -0.39 is 5.91 Å². The number of aryl methyl sites for hydroxylation is 1. The van der Waals surface area contributed by atoms with Crippen LogP contribution in [0, 0.1) is 6.92 Å². The molecule has 7 heteroatoms. The Bertz CT molecular complexity index is 1050. The Morgan fingerprint density at radius 3 is 2.66 bits per heavy atom. The summed E-state index contributed by atoms with van der Waals surface area (Å²) in [6, 6.07) is 16.2. The molecule has 0 aliphatic rings. The van der Waals surface area contributed by atoms with Crippen molar-refractivity contribution in [2.24, 2.45) is 5.73 Å². The van der Waals surface area contributed by atoms with Crippen LogP contribution in [0.3, 0.4) is 0 Å². The van der Waals surface area contributed by atoms with E-state index in [0.717, 1.165) is 15.6 Å². The Morgan fingerprint density at radius 1 is 1.10 bits per heavy atom. The number of carbonyl (C=O) groups excluding carboxylic acids is 2. The SMILES string of the molecule is Cc1ccc(C(=O)NCCc2cccc(Oc3ccnc(C(N)=O)c3)c2)cc1Br.